The Bertz CT molecular complexity index is 368. The highest BCUT2D eigenvalue weighted by atomic mass is 32.2. The van der Waals surface area contributed by atoms with Crippen LogP contribution in [0.5, 0.6) is 0 Å². The summed E-state index contributed by atoms with van der Waals surface area (Å²) >= 11 is 1.83. The Kier molecular flexibility index (Phi) is 5.55. The molecule has 0 aliphatic carbocycles. The summed E-state index contributed by atoms with van der Waals surface area (Å²) in [4.78, 5) is 8.88. The molecule has 0 radical (unpaired) electrons. The van der Waals surface area contributed by atoms with E-state index < -0.39 is 0 Å². The summed E-state index contributed by atoms with van der Waals surface area (Å²) in [5.74, 6) is 3.73. The predicted octanol–water partition coefficient (Wildman–Crippen LogP) is 2.69. The van der Waals surface area contributed by atoms with Crippen molar-refractivity contribution in [2.24, 2.45) is 0 Å². The first-order valence-corrected chi connectivity index (χ1v) is 7.32. The summed E-state index contributed by atoms with van der Waals surface area (Å²) in [6.45, 7) is 9.08. The largest absolute Gasteiger partial charge is 0.370 e. The molecule has 2 N–H and O–H groups in total. The van der Waals surface area contributed by atoms with Crippen molar-refractivity contribution in [2.45, 2.75) is 33.7 Å². The summed E-state index contributed by atoms with van der Waals surface area (Å²) in [5, 5.41) is 6.70. The number of hydrogen-bond donors (Lipinski definition) is 2. The first kappa shape index (κ1) is 14.1. The molecule has 4 nitrogen and oxygen atoms in total. The van der Waals surface area contributed by atoms with Gasteiger partial charge in [0.15, 0.2) is 0 Å². The van der Waals surface area contributed by atoms with Crippen LogP contribution in [0.15, 0.2) is 0 Å². The number of aryl methyl sites for hydroxylation is 1. The molecule has 1 heterocycles. The molecule has 0 fully saturated rings. The average molecular weight is 254 g/mol. The minimum atomic E-state index is 0.410. The van der Waals surface area contributed by atoms with E-state index in [1.165, 1.54) is 0 Å². The molecule has 0 aliphatic heterocycles. The average Bonchev–Trinajstić information content (AvgIpc) is 2.25. The highest BCUT2D eigenvalue weighted by Gasteiger charge is 2.10. The Morgan fingerprint density at radius 2 is 1.88 bits per heavy atom. The second-order valence-corrected chi connectivity index (χ2v) is 5.03. The molecular formula is C12H22N4S. The van der Waals surface area contributed by atoms with Crippen LogP contribution in [0.1, 0.15) is 25.2 Å². The Morgan fingerprint density at radius 1 is 1.24 bits per heavy atom. The summed E-state index contributed by atoms with van der Waals surface area (Å²) in [7, 11) is 0. The van der Waals surface area contributed by atoms with Gasteiger partial charge in [0.05, 0.1) is 0 Å². The standard InChI is InChI=1S/C12H22N4S/c1-6-13-11-9(3)12(16-10(4)15-11)14-8(2)7-17-5/h8H,6-7H2,1-5H3,(H2,13,14,15,16). The van der Waals surface area contributed by atoms with Crippen molar-refractivity contribution < 1.29 is 0 Å². The Hall–Kier alpha value is -0.970. The van der Waals surface area contributed by atoms with E-state index in [9.17, 15) is 0 Å². The molecule has 0 aliphatic rings. The Balaban J connectivity index is 2.90. The van der Waals surface area contributed by atoms with Gasteiger partial charge in [0, 0.05) is 23.9 Å². The molecule has 17 heavy (non-hydrogen) atoms. The van der Waals surface area contributed by atoms with Gasteiger partial charge < -0.3 is 10.6 Å². The SMILES string of the molecule is CCNc1nc(C)nc(NC(C)CSC)c1C. The molecule has 96 valence electrons. The lowest BCUT2D eigenvalue weighted by Gasteiger charge is -2.17. The molecule has 0 spiro atoms. The van der Waals surface area contributed by atoms with Crippen LogP contribution in [0.4, 0.5) is 11.6 Å². The molecule has 1 unspecified atom stereocenters. The monoisotopic (exact) mass is 254 g/mol. The number of aromatic nitrogens is 2. The van der Waals surface area contributed by atoms with E-state index >= 15 is 0 Å². The van der Waals surface area contributed by atoms with Gasteiger partial charge in [-0.2, -0.15) is 11.8 Å². The van der Waals surface area contributed by atoms with E-state index in [0.717, 1.165) is 35.3 Å². The van der Waals surface area contributed by atoms with Crippen LogP contribution in [-0.2, 0) is 0 Å². The highest BCUT2D eigenvalue weighted by Crippen LogP contribution is 2.20. The topological polar surface area (TPSA) is 49.8 Å². The number of hydrogen-bond acceptors (Lipinski definition) is 5. The number of rotatable bonds is 6. The molecule has 0 aromatic carbocycles. The zero-order valence-electron chi connectivity index (χ0n) is 11.3. The van der Waals surface area contributed by atoms with Crippen LogP contribution >= 0.6 is 11.8 Å². The van der Waals surface area contributed by atoms with Gasteiger partial charge in [0.1, 0.15) is 17.5 Å². The third kappa shape index (κ3) is 4.07. The Morgan fingerprint density at radius 3 is 2.47 bits per heavy atom. The van der Waals surface area contributed by atoms with E-state index in [0.29, 0.717) is 6.04 Å². The normalized spacial score (nSPS) is 12.3. The summed E-state index contributed by atoms with van der Waals surface area (Å²) in [6.07, 6.45) is 2.11. The van der Waals surface area contributed by atoms with Crippen molar-refractivity contribution in [3.05, 3.63) is 11.4 Å². The molecule has 5 heteroatoms. The van der Waals surface area contributed by atoms with Crippen molar-refractivity contribution in [3.8, 4) is 0 Å². The molecule has 0 bridgehead atoms. The van der Waals surface area contributed by atoms with Gasteiger partial charge in [0.25, 0.3) is 0 Å². The third-order valence-electron chi connectivity index (χ3n) is 2.40. The van der Waals surface area contributed by atoms with Crippen molar-refractivity contribution in [1.29, 1.82) is 0 Å². The molecular weight excluding hydrogens is 232 g/mol. The van der Waals surface area contributed by atoms with Crippen LogP contribution in [0, 0.1) is 13.8 Å². The fourth-order valence-corrected chi connectivity index (χ4v) is 2.22. The van der Waals surface area contributed by atoms with Gasteiger partial charge in [-0.15, -0.1) is 0 Å². The molecule has 1 aromatic rings. The maximum atomic E-state index is 4.47. The maximum Gasteiger partial charge on any atom is 0.134 e. The summed E-state index contributed by atoms with van der Waals surface area (Å²) in [6, 6.07) is 0.410. The highest BCUT2D eigenvalue weighted by molar-refractivity contribution is 7.98. The van der Waals surface area contributed by atoms with Crippen molar-refractivity contribution in [3.63, 3.8) is 0 Å². The van der Waals surface area contributed by atoms with E-state index in [-0.39, 0.29) is 0 Å². The van der Waals surface area contributed by atoms with Crippen LogP contribution in [0.3, 0.4) is 0 Å². The van der Waals surface area contributed by atoms with Gasteiger partial charge in [-0.25, -0.2) is 9.97 Å². The van der Waals surface area contributed by atoms with Crippen LogP contribution in [0.25, 0.3) is 0 Å². The molecule has 1 rings (SSSR count). The lowest BCUT2D eigenvalue weighted by molar-refractivity contribution is 0.887. The van der Waals surface area contributed by atoms with Crippen LogP contribution in [-0.4, -0.2) is 34.6 Å². The minimum Gasteiger partial charge on any atom is -0.370 e. The summed E-state index contributed by atoms with van der Waals surface area (Å²) in [5.41, 5.74) is 1.09. The second kappa shape index (κ2) is 6.69. The van der Waals surface area contributed by atoms with E-state index in [1.807, 2.05) is 25.6 Å². The predicted molar refractivity (Wildman–Crippen MR) is 77.1 cm³/mol. The lowest BCUT2D eigenvalue weighted by Crippen LogP contribution is -2.20. The Labute approximate surface area is 108 Å². The molecule has 0 saturated heterocycles. The van der Waals surface area contributed by atoms with Gasteiger partial charge >= 0.3 is 0 Å². The fraction of sp³-hybridized carbons (Fsp3) is 0.667. The third-order valence-corrected chi connectivity index (χ3v) is 3.23. The molecule has 0 saturated carbocycles. The second-order valence-electron chi connectivity index (χ2n) is 4.12. The quantitative estimate of drug-likeness (QED) is 0.817. The van der Waals surface area contributed by atoms with Crippen molar-refractivity contribution in [1.82, 2.24) is 9.97 Å². The number of thioether (sulfide) groups is 1. The smallest absolute Gasteiger partial charge is 0.134 e. The van der Waals surface area contributed by atoms with E-state index in [2.05, 4.69) is 40.7 Å². The van der Waals surface area contributed by atoms with Gasteiger partial charge in [-0.3, -0.25) is 0 Å². The fourth-order valence-electron chi connectivity index (χ4n) is 1.63. The van der Waals surface area contributed by atoms with Crippen molar-refractivity contribution >= 4 is 23.4 Å². The molecule has 1 atom stereocenters. The van der Waals surface area contributed by atoms with Gasteiger partial charge in [-0.1, -0.05) is 0 Å². The maximum absolute atomic E-state index is 4.47. The molecule has 1 aromatic heterocycles. The minimum absolute atomic E-state index is 0.410. The summed E-state index contributed by atoms with van der Waals surface area (Å²) < 4.78 is 0. The van der Waals surface area contributed by atoms with Gasteiger partial charge in [-0.05, 0) is 34.0 Å². The van der Waals surface area contributed by atoms with E-state index in [4.69, 9.17) is 0 Å². The van der Waals surface area contributed by atoms with Crippen LogP contribution in [0.2, 0.25) is 0 Å². The van der Waals surface area contributed by atoms with Crippen LogP contribution < -0.4 is 10.6 Å². The van der Waals surface area contributed by atoms with E-state index in [1.54, 1.807) is 0 Å². The molecule has 0 amide bonds. The van der Waals surface area contributed by atoms with Gasteiger partial charge in [0.2, 0.25) is 0 Å². The first-order valence-electron chi connectivity index (χ1n) is 5.93. The zero-order valence-corrected chi connectivity index (χ0v) is 12.1. The number of nitrogens with one attached hydrogen (secondary N) is 2. The number of anilines is 2. The lowest BCUT2D eigenvalue weighted by atomic mass is 10.2. The first-order chi connectivity index (χ1) is 8.08. The van der Waals surface area contributed by atoms with Crippen molar-refractivity contribution in [2.75, 3.05) is 29.2 Å². The number of nitrogens with zero attached hydrogens (tertiary/aromatic N) is 2. The zero-order chi connectivity index (χ0) is 12.8.